The lowest BCUT2D eigenvalue weighted by Crippen LogP contribution is -2.34. The normalized spacial score (nSPS) is 20.8. The molecule has 1 aliphatic rings. The van der Waals surface area contributed by atoms with Crippen LogP contribution in [0.4, 0.5) is 0 Å². The maximum Gasteiger partial charge on any atom is 0.243 e. The van der Waals surface area contributed by atoms with Crippen LogP contribution in [0, 0.1) is 6.92 Å². The van der Waals surface area contributed by atoms with E-state index in [-0.39, 0.29) is 0 Å². The van der Waals surface area contributed by atoms with Gasteiger partial charge < -0.3 is 10.6 Å². The van der Waals surface area contributed by atoms with E-state index < -0.39 is 10.0 Å². The van der Waals surface area contributed by atoms with Gasteiger partial charge in [0, 0.05) is 25.7 Å². The number of benzene rings is 1. The highest BCUT2D eigenvalue weighted by molar-refractivity contribution is 7.89. The molecule has 112 valence electrons. The van der Waals surface area contributed by atoms with Crippen LogP contribution >= 0.6 is 0 Å². The van der Waals surface area contributed by atoms with Crippen LogP contribution in [0.1, 0.15) is 17.5 Å². The van der Waals surface area contributed by atoms with Crippen molar-refractivity contribution in [1.29, 1.82) is 0 Å². The Balaban J connectivity index is 2.27. The van der Waals surface area contributed by atoms with E-state index >= 15 is 0 Å². The second-order valence-electron chi connectivity index (χ2n) is 5.56. The summed E-state index contributed by atoms with van der Waals surface area (Å²) in [5.41, 5.74) is 7.57. The lowest BCUT2D eigenvalue weighted by Gasteiger charge is -2.20. The second kappa shape index (κ2) is 5.81. The van der Waals surface area contributed by atoms with Gasteiger partial charge in [0.15, 0.2) is 0 Å². The van der Waals surface area contributed by atoms with Crippen LogP contribution in [0.2, 0.25) is 0 Å². The number of likely N-dealkylation sites (N-methyl/N-ethyl adjacent to an activating group) is 1. The third-order valence-electron chi connectivity index (χ3n) is 4.03. The zero-order chi connectivity index (χ0) is 14.9. The van der Waals surface area contributed by atoms with Crippen molar-refractivity contribution in [2.24, 2.45) is 5.73 Å². The topological polar surface area (TPSA) is 66.6 Å². The minimum Gasteiger partial charge on any atom is -0.326 e. The molecule has 1 heterocycles. The maximum absolute atomic E-state index is 12.6. The number of nitrogens with zero attached hydrogens (tertiary/aromatic N) is 2. The number of hydrogen-bond acceptors (Lipinski definition) is 4. The Hall–Kier alpha value is -0.950. The highest BCUT2D eigenvalue weighted by atomic mass is 32.2. The molecular formula is C14H23N3O2S. The van der Waals surface area contributed by atoms with E-state index in [1.807, 2.05) is 27.1 Å². The van der Waals surface area contributed by atoms with Gasteiger partial charge in [0.2, 0.25) is 10.0 Å². The van der Waals surface area contributed by atoms with E-state index in [1.165, 1.54) is 0 Å². The largest absolute Gasteiger partial charge is 0.326 e. The molecule has 1 aromatic carbocycles. The van der Waals surface area contributed by atoms with Gasteiger partial charge in [0.1, 0.15) is 0 Å². The molecule has 1 aliphatic heterocycles. The summed E-state index contributed by atoms with van der Waals surface area (Å²) in [5, 5.41) is 0. The van der Waals surface area contributed by atoms with E-state index in [1.54, 1.807) is 16.4 Å². The van der Waals surface area contributed by atoms with E-state index in [0.29, 0.717) is 30.6 Å². The molecule has 1 atom stereocenters. The van der Waals surface area contributed by atoms with Crippen LogP contribution in [0.5, 0.6) is 0 Å². The molecule has 5 nitrogen and oxygen atoms in total. The predicted molar refractivity (Wildman–Crippen MR) is 79.9 cm³/mol. The number of nitrogens with two attached hydrogens (primary N) is 1. The fourth-order valence-electron chi connectivity index (χ4n) is 2.53. The number of aryl methyl sites for hydroxylation is 1. The van der Waals surface area contributed by atoms with E-state index in [0.717, 1.165) is 17.5 Å². The average Bonchev–Trinajstić information content (AvgIpc) is 2.89. The molecule has 20 heavy (non-hydrogen) atoms. The lowest BCUT2D eigenvalue weighted by molar-refractivity contribution is 0.302. The van der Waals surface area contributed by atoms with Crippen LogP contribution in [0.25, 0.3) is 0 Å². The number of rotatable bonds is 4. The molecule has 2 N–H and O–H groups in total. The van der Waals surface area contributed by atoms with Crippen LogP contribution in [0.15, 0.2) is 23.1 Å². The molecule has 0 saturated carbocycles. The summed E-state index contributed by atoms with van der Waals surface area (Å²) in [7, 11) is 0.567. The van der Waals surface area contributed by atoms with Crippen molar-refractivity contribution in [2.45, 2.75) is 30.8 Å². The Kier molecular flexibility index (Phi) is 4.49. The maximum atomic E-state index is 12.6. The van der Waals surface area contributed by atoms with Crippen molar-refractivity contribution in [3.05, 3.63) is 29.3 Å². The Morgan fingerprint density at radius 1 is 1.40 bits per heavy atom. The van der Waals surface area contributed by atoms with Gasteiger partial charge in [0.05, 0.1) is 4.90 Å². The minimum atomic E-state index is -3.40. The molecule has 1 unspecified atom stereocenters. The van der Waals surface area contributed by atoms with Crippen molar-refractivity contribution in [3.63, 3.8) is 0 Å². The second-order valence-corrected chi connectivity index (χ2v) is 7.50. The smallest absolute Gasteiger partial charge is 0.243 e. The monoisotopic (exact) mass is 297 g/mol. The summed E-state index contributed by atoms with van der Waals surface area (Å²) in [5.74, 6) is 0. The third-order valence-corrected chi connectivity index (χ3v) is 5.90. The van der Waals surface area contributed by atoms with Gasteiger partial charge in [-0.25, -0.2) is 8.42 Å². The Morgan fingerprint density at radius 2 is 2.10 bits per heavy atom. The Labute approximate surface area is 121 Å². The molecule has 0 aromatic heterocycles. The summed E-state index contributed by atoms with van der Waals surface area (Å²) in [6, 6.07) is 5.50. The van der Waals surface area contributed by atoms with Gasteiger partial charge in [-0.1, -0.05) is 6.07 Å². The summed E-state index contributed by atoms with van der Waals surface area (Å²) in [6.07, 6.45) is 0.877. The first-order chi connectivity index (χ1) is 9.36. The molecule has 1 fully saturated rings. The first kappa shape index (κ1) is 15.4. The number of hydrogen-bond donors (Lipinski definition) is 1. The molecule has 6 heteroatoms. The van der Waals surface area contributed by atoms with E-state index in [9.17, 15) is 8.42 Å². The van der Waals surface area contributed by atoms with Gasteiger partial charge in [-0.3, -0.25) is 0 Å². The van der Waals surface area contributed by atoms with Crippen molar-refractivity contribution >= 4 is 10.0 Å². The highest BCUT2D eigenvalue weighted by Crippen LogP contribution is 2.24. The van der Waals surface area contributed by atoms with Gasteiger partial charge in [-0.2, -0.15) is 4.31 Å². The van der Waals surface area contributed by atoms with E-state index in [4.69, 9.17) is 5.73 Å². The van der Waals surface area contributed by atoms with Crippen LogP contribution in [-0.4, -0.2) is 50.8 Å². The summed E-state index contributed by atoms with van der Waals surface area (Å²) in [4.78, 5) is 2.43. The first-order valence-electron chi connectivity index (χ1n) is 6.82. The summed E-state index contributed by atoms with van der Waals surface area (Å²) in [6.45, 7) is 3.43. The van der Waals surface area contributed by atoms with Crippen molar-refractivity contribution in [2.75, 3.05) is 27.2 Å². The molecule has 0 aliphatic carbocycles. The van der Waals surface area contributed by atoms with Crippen molar-refractivity contribution < 1.29 is 8.42 Å². The van der Waals surface area contributed by atoms with Crippen LogP contribution in [0.3, 0.4) is 0 Å². The van der Waals surface area contributed by atoms with Crippen LogP contribution in [-0.2, 0) is 16.6 Å². The Bertz CT molecular complexity index is 584. The molecule has 1 aromatic rings. The third kappa shape index (κ3) is 2.88. The summed E-state index contributed by atoms with van der Waals surface area (Å²) >= 11 is 0. The van der Waals surface area contributed by atoms with Crippen LogP contribution < -0.4 is 5.73 Å². The highest BCUT2D eigenvalue weighted by Gasteiger charge is 2.33. The standard InChI is InChI=1S/C14H23N3O2S/c1-11-4-5-14(8-12(11)9-15)20(18,19)17-7-6-13(10-17)16(2)3/h4-5,8,13H,6-7,9-10,15H2,1-3H3. The molecule has 0 bridgehead atoms. The zero-order valence-corrected chi connectivity index (χ0v) is 13.2. The van der Waals surface area contributed by atoms with Gasteiger partial charge in [-0.05, 0) is 50.7 Å². The number of sulfonamides is 1. The fourth-order valence-corrected chi connectivity index (χ4v) is 4.07. The molecule has 1 saturated heterocycles. The predicted octanol–water partition coefficient (Wildman–Crippen LogP) is 0.778. The molecule has 0 amide bonds. The first-order valence-corrected chi connectivity index (χ1v) is 8.26. The molecular weight excluding hydrogens is 274 g/mol. The van der Waals surface area contributed by atoms with Crippen molar-refractivity contribution in [1.82, 2.24) is 9.21 Å². The molecule has 0 spiro atoms. The van der Waals surface area contributed by atoms with Gasteiger partial charge in [0.25, 0.3) is 0 Å². The zero-order valence-electron chi connectivity index (χ0n) is 12.3. The molecule has 0 radical (unpaired) electrons. The molecule has 2 rings (SSSR count). The summed E-state index contributed by atoms with van der Waals surface area (Å²) < 4.78 is 26.9. The minimum absolute atomic E-state index is 0.296. The van der Waals surface area contributed by atoms with Gasteiger partial charge in [-0.15, -0.1) is 0 Å². The Morgan fingerprint density at radius 3 is 2.65 bits per heavy atom. The SMILES string of the molecule is Cc1ccc(S(=O)(=O)N2CCC(N(C)C)C2)cc1CN. The average molecular weight is 297 g/mol. The van der Waals surface area contributed by atoms with Crippen molar-refractivity contribution in [3.8, 4) is 0 Å². The fraction of sp³-hybridized carbons (Fsp3) is 0.571. The van der Waals surface area contributed by atoms with Gasteiger partial charge >= 0.3 is 0 Å². The lowest BCUT2D eigenvalue weighted by atomic mass is 10.1. The van der Waals surface area contributed by atoms with E-state index in [2.05, 4.69) is 4.90 Å². The quantitative estimate of drug-likeness (QED) is 0.892.